The van der Waals surface area contributed by atoms with Gasteiger partial charge in [-0.05, 0) is 31.0 Å². The number of hydrogen-bond donors (Lipinski definition) is 2. The van der Waals surface area contributed by atoms with E-state index in [0.717, 1.165) is 27.7 Å². The van der Waals surface area contributed by atoms with Gasteiger partial charge in [0.05, 0.1) is 37.6 Å². The molecule has 0 amide bonds. The molecular weight excluding hydrogens is 467 g/mol. The summed E-state index contributed by atoms with van der Waals surface area (Å²) < 4.78 is 33.1. The lowest BCUT2D eigenvalue weighted by Gasteiger charge is -2.32. The Morgan fingerprint density at radius 3 is 2.78 bits per heavy atom. The Morgan fingerprint density at radius 1 is 1.31 bits per heavy atom. The second kappa shape index (κ2) is 9.18. The molecule has 1 aliphatic heterocycles. The first-order valence-electron chi connectivity index (χ1n) is 11.8. The second-order valence-corrected chi connectivity index (χ2v) is 9.83. The van der Waals surface area contributed by atoms with Crippen LogP contribution in [0, 0.1) is 5.82 Å². The van der Waals surface area contributed by atoms with Crippen molar-refractivity contribution in [2.75, 3.05) is 27.4 Å². The molecule has 1 aromatic carbocycles. The number of benzene rings is 1. The Hall–Kier alpha value is -3.50. The summed E-state index contributed by atoms with van der Waals surface area (Å²) in [5.41, 5.74) is 4.38. The van der Waals surface area contributed by atoms with Crippen LogP contribution in [0.5, 0.6) is 5.75 Å². The van der Waals surface area contributed by atoms with E-state index in [9.17, 15) is 14.3 Å². The molecule has 10 heteroatoms. The summed E-state index contributed by atoms with van der Waals surface area (Å²) >= 11 is 0. The number of carboxylic acids is 1. The van der Waals surface area contributed by atoms with Crippen LogP contribution in [-0.4, -0.2) is 64.4 Å². The minimum absolute atomic E-state index is 0.0919. The molecule has 2 atom stereocenters. The molecule has 0 spiro atoms. The number of halogens is 1. The summed E-state index contributed by atoms with van der Waals surface area (Å²) in [4.78, 5) is 16.5. The number of fused-ring (bicyclic) bond motifs is 2. The molecule has 36 heavy (non-hydrogen) atoms. The monoisotopic (exact) mass is 496 g/mol. The molecule has 0 radical (unpaired) electrons. The molecule has 0 bridgehead atoms. The van der Waals surface area contributed by atoms with Crippen molar-refractivity contribution < 1.29 is 28.5 Å². The van der Waals surface area contributed by atoms with Crippen molar-refractivity contribution in [3.05, 3.63) is 47.5 Å². The fraction of sp³-hybridized carbons (Fsp3) is 0.423. The molecule has 0 aliphatic carbocycles. The number of aromatic amines is 1. The van der Waals surface area contributed by atoms with Gasteiger partial charge in [-0.2, -0.15) is 5.10 Å². The largest absolute Gasteiger partial charge is 0.494 e. The van der Waals surface area contributed by atoms with Gasteiger partial charge in [0.15, 0.2) is 23.3 Å². The standard InChI is InChI=1S/C26H29FN4O5/c1-26(2,13-34-3)23-21(14-5-8-19(25(32)33)36-12-14)22-18(9-15-11-28-30-24(15)29-22)31(23)16-6-7-17(27)20(10-16)35-4/h6-7,9-11,14,19H,5,8,12-13H2,1-4H3,(H,32,33)(H,28,29,30)/t14-,19?/m0/s1. The van der Waals surface area contributed by atoms with Crippen LogP contribution in [0.3, 0.4) is 0 Å². The summed E-state index contributed by atoms with van der Waals surface area (Å²) in [5, 5.41) is 17.4. The Bertz CT molecular complexity index is 1440. The predicted molar refractivity (Wildman–Crippen MR) is 131 cm³/mol. The van der Waals surface area contributed by atoms with E-state index in [2.05, 4.69) is 28.6 Å². The zero-order valence-corrected chi connectivity index (χ0v) is 20.7. The van der Waals surface area contributed by atoms with Crippen molar-refractivity contribution in [2.24, 2.45) is 0 Å². The Balaban J connectivity index is 1.83. The molecular formula is C26H29FN4O5. The SMILES string of the molecule is COCC(C)(C)c1c([C@H]2CCC(C(=O)O)OC2)c2nc3[nH]ncc3cc2n1-c1ccc(F)c(OC)c1. The third-order valence-electron chi connectivity index (χ3n) is 6.88. The third kappa shape index (κ3) is 4.00. The topological polar surface area (TPSA) is 111 Å². The minimum Gasteiger partial charge on any atom is -0.494 e. The van der Waals surface area contributed by atoms with E-state index in [1.807, 2.05) is 6.07 Å². The van der Waals surface area contributed by atoms with Gasteiger partial charge in [-0.1, -0.05) is 13.8 Å². The zero-order chi connectivity index (χ0) is 25.6. The van der Waals surface area contributed by atoms with Gasteiger partial charge >= 0.3 is 5.97 Å². The van der Waals surface area contributed by atoms with E-state index in [0.29, 0.717) is 30.8 Å². The number of nitrogens with zero attached hydrogens (tertiary/aromatic N) is 3. The fourth-order valence-electron chi connectivity index (χ4n) is 5.30. The van der Waals surface area contributed by atoms with E-state index in [1.165, 1.54) is 13.2 Å². The van der Waals surface area contributed by atoms with E-state index in [1.54, 1.807) is 25.4 Å². The highest BCUT2D eigenvalue weighted by Crippen LogP contribution is 2.44. The van der Waals surface area contributed by atoms with E-state index in [-0.39, 0.29) is 18.3 Å². The van der Waals surface area contributed by atoms with Crippen molar-refractivity contribution in [1.29, 1.82) is 0 Å². The van der Waals surface area contributed by atoms with Crippen LogP contribution in [0.15, 0.2) is 30.5 Å². The number of aliphatic carboxylic acids is 1. The van der Waals surface area contributed by atoms with E-state index >= 15 is 0 Å². The van der Waals surface area contributed by atoms with Gasteiger partial charge in [0.2, 0.25) is 0 Å². The van der Waals surface area contributed by atoms with Crippen molar-refractivity contribution in [3.63, 3.8) is 0 Å². The van der Waals surface area contributed by atoms with Crippen LogP contribution in [0.4, 0.5) is 4.39 Å². The Labute approximate surface area is 207 Å². The second-order valence-electron chi connectivity index (χ2n) is 9.83. The number of carbonyl (C=O) groups is 1. The molecule has 3 aromatic heterocycles. The van der Waals surface area contributed by atoms with Gasteiger partial charge in [0, 0.05) is 46.8 Å². The van der Waals surface area contributed by atoms with Gasteiger partial charge in [0.25, 0.3) is 0 Å². The number of nitrogens with one attached hydrogen (secondary N) is 1. The average Bonchev–Trinajstić information content (AvgIpc) is 3.45. The molecule has 4 heterocycles. The first-order chi connectivity index (χ1) is 17.2. The molecule has 1 fully saturated rings. The van der Waals surface area contributed by atoms with Gasteiger partial charge in [-0.15, -0.1) is 0 Å². The number of H-pyrrole nitrogens is 1. The highest BCUT2D eigenvalue weighted by atomic mass is 19.1. The number of aromatic nitrogens is 4. The van der Waals surface area contributed by atoms with Crippen LogP contribution in [-0.2, 0) is 19.7 Å². The number of carboxylic acid groups (broad SMARTS) is 1. The molecule has 190 valence electrons. The van der Waals surface area contributed by atoms with Gasteiger partial charge < -0.3 is 23.9 Å². The Morgan fingerprint density at radius 2 is 2.11 bits per heavy atom. The maximum absolute atomic E-state index is 14.4. The Kier molecular flexibility index (Phi) is 6.17. The summed E-state index contributed by atoms with van der Waals surface area (Å²) in [5.74, 6) is -1.36. The predicted octanol–water partition coefficient (Wildman–Crippen LogP) is 4.32. The quantitative estimate of drug-likeness (QED) is 0.392. The summed E-state index contributed by atoms with van der Waals surface area (Å²) in [7, 11) is 3.09. The van der Waals surface area contributed by atoms with E-state index < -0.39 is 23.3 Å². The van der Waals surface area contributed by atoms with Crippen LogP contribution in [0.2, 0.25) is 0 Å². The van der Waals surface area contributed by atoms with Crippen LogP contribution in [0.25, 0.3) is 27.8 Å². The highest BCUT2D eigenvalue weighted by molar-refractivity contribution is 5.94. The molecule has 4 aromatic rings. The molecule has 2 N–H and O–H groups in total. The van der Waals surface area contributed by atoms with Crippen LogP contribution >= 0.6 is 0 Å². The maximum atomic E-state index is 14.4. The van der Waals surface area contributed by atoms with Crippen molar-refractivity contribution in [1.82, 2.24) is 19.7 Å². The van der Waals surface area contributed by atoms with E-state index in [4.69, 9.17) is 19.2 Å². The number of ether oxygens (including phenoxy) is 3. The molecule has 1 aliphatic rings. The molecule has 5 rings (SSSR count). The van der Waals surface area contributed by atoms with Gasteiger partial charge in [-0.25, -0.2) is 14.2 Å². The third-order valence-corrected chi connectivity index (χ3v) is 6.88. The van der Waals surface area contributed by atoms with Crippen LogP contribution < -0.4 is 4.74 Å². The highest BCUT2D eigenvalue weighted by Gasteiger charge is 2.38. The van der Waals surface area contributed by atoms with Gasteiger partial charge in [0.1, 0.15) is 0 Å². The number of hydrogen-bond acceptors (Lipinski definition) is 6. The first-order valence-corrected chi connectivity index (χ1v) is 11.8. The van der Waals surface area contributed by atoms with Crippen molar-refractivity contribution in [3.8, 4) is 11.4 Å². The minimum atomic E-state index is -0.952. The molecule has 1 saturated heterocycles. The fourth-order valence-corrected chi connectivity index (χ4v) is 5.30. The van der Waals surface area contributed by atoms with Crippen molar-refractivity contribution >= 4 is 28.0 Å². The lowest BCUT2D eigenvalue weighted by Crippen LogP contribution is -2.33. The lowest BCUT2D eigenvalue weighted by atomic mass is 9.81. The molecule has 0 saturated carbocycles. The average molecular weight is 497 g/mol. The molecule has 9 nitrogen and oxygen atoms in total. The normalized spacial score (nSPS) is 18.7. The van der Waals surface area contributed by atoms with Crippen molar-refractivity contribution in [2.45, 2.75) is 44.1 Å². The number of pyridine rings is 1. The summed E-state index contributed by atoms with van der Waals surface area (Å²) in [6.07, 6.45) is 1.92. The maximum Gasteiger partial charge on any atom is 0.332 e. The number of rotatable bonds is 7. The lowest BCUT2D eigenvalue weighted by molar-refractivity contribution is -0.153. The van der Waals surface area contributed by atoms with Gasteiger partial charge in [-0.3, -0.25) is 5.10 Å². The molecule has 1 unspecified atom stereocenters. The number of methoxy groups -OCH3 is 2. The van der Waals surface area contributed by atoms with Crippen LogP contribution in [0.1, 0.15) is 43.9 Å². The first kappa shape index (κ1) is 24.2. The summed E-state index contributed by atoms with van der Waals surface area (Å²) in [6, 6.07) is 6.78. The smallest absolute Gasteiger partial charge is 0.332 e. The zero-order valence-electron chi connectivity index (χ0n) is 20.7. The summed E-state index contributed by atoms with van der Waals surface area (Å²) in [6.45, 7) is 4.84.